The van der Waals surface area contributed by atoms with Crippen LogP contribution in [0.25, 0.3) is 10.9 Å². The Morgan fingerprint density at radius 2 is 1.76 bits per heavy atom. The molecule has 1 heterocycles. The zero-order valence-electron chi connectivity index (χ0n) is 12.6. The van der Waals surface area contributed by atoms with Crippen LogP contribution in [0.1, 0.15) is 35.3 Å². The number of hydrogen-bond donors (Lipinski definition) is 1. The van der Waals surface area contributed by atoms with Crippen LogP contribution in [0.2, 0.25) is 0 Å². The van der Waals surface area contributed by atoms with Gasteiger partial charge in [0.25, 0.3) is 0 Å². The van der Waals surface area contributed by atoms with Crippen molar-refractivity contribution in [3.63, 3.8) is 0 Å². The molecule has 0 aliphatic heterocycles. The van der Waals surface area contributed by atoms with Gasteiger partial charge in [-0.2, -0.15) is 0 Å². The topological polar surface area (TPSA) is 32.9 Å². The van der Waals surface area contributed by atoms with Crippen molar-refractivity contribution >= 4 is 16.7 Å². The van der Waals surface area contributed by atoms with E-state index in [4.69, 9.17) is 0 Å². The van der Waals surface area contributed by atoms with Crippen LogP contribution in [0.4, 0.5) is 0 Å². The number of aryl methyl sites for hydroxylation is 1. The van der Waals surface area contributed by atoms with Gasteiger partial charge in [0.2, 0.25) is 0 Å². The van der Waals surface area contributed by atoms with Crippen molar-refractivity contribution in [2.75, 3.05) is 0 Å². The number of rotatable bonds is 3. The van der Waals surface area contributed by atoms with E-state index in [1.54, 1.807) is 0 Å². The lowest BCUT2D eigenvalue weighted by atomic mass is 9.78. The van der Waals surface area contributed by atoms with Crippen LogP contribution in [0.15, 0.2) is 54.7 Å². The first-order valence-corrected chi connectivity index (χ1v) is 7.18. The summed E-state index contributed by atoms with van der Waals surface area (Å²) in [4.78, 5) is 16.2. The van der Waals surface area contributed by atoms with Gasteiger partial charge in [-0.3, -0.25) is 4.79 Å². The minimum absolute atomic E-state index is 0.144. The Morgan fingerprint density at radius 1 is 1.05 bits per heavy atom. The van der Waals surface area contributed by atoms with Crippen molar-refractivity contribution < 1.29 is 4.79 Å². The minimum Gasteiger partial charge on any atom is -0.360 e. The molecule has 0 bridgehead atoms. The number of ketones is 1. The Labute approximate surface area is 124 Å². The van der Waals surface area contributed by atoms with E-state index in [1.165, 1.54) is 0 Å². The van der Waals surface area contributed by atoms with Crippen LogP contribution < -0.4 is 0 Å². The summed E-state index contributed by atoms with van der Waals surface area (Å²) in [6.07, 6.45) is 1.83. The number of aromatic amines is 1. The van der Waals surface area contributed by atoms with Crippen molar-refractivity contribution in [3.8, 4) is 0 Å². The third-order valence-electron chi connectivity index (χ3n) is 4.15. The lowest BCUT2D eigenvalue weighted by Gasteiger charge is -2.23. The highest BCUT2D eigenvalue weighted by atomic mass is 16.1. The standard InChI is InChI=1S/C19H19NO/c1-13-9-10-17-15(11-13)16(12-20-17)18(21)19(2,3)14-7-5-4-6-8-14/h4-12,20H,1-3H3. The molecule has 3 rings (SSSR count). The van der Waals surface area contributed by atoms with Gasteiger partial charge in [0.15, 0.2) is 5.78 Å². The molecule has 0 fully saturated rings. The largest absolute Gasteiger partial charge is 0.360 e. The zero-order valence-corrected chi connectivity index (χ0v) is 12.6. The molecule has 0 radical (unpaired) electrons. The molecule has 0 unspecified atom stereocenters. The molecule has 0 atom stereocenters. The number of carbonyl (C=O) groups is 1. The van der Waals surface area contributed by atoms with E-state index in [0.29, 0.717) is 0 Å². The fourth-order valence-corrected chi connectivity index (χ4v) is 2.74. The predicted molar refractivity (Wildman–Crippen MR) is 86.8 cm³/mol. The van der Waals surface area contributed by atoms with Gasteiger partial charge in [0, 0.05) is 22.7 Å². The molecular weight excluding hydrogens is 258 g/mol. The lowest BCUT2D eigenvalue weighted by Crippen LogP contribution is -2.28. The van der Waals surface area contributed by atoms with Gasteiger partial charge in [-0.1, -0.05) is 42.0 Å². The normalized spacial score (nSPS) is 11.8. The van der Waals surface area contributed by atoms with Gasteiger partial charge < -0.3 is 4.98 Å². The molecule has 0 saturated carbocycles. The van der Waals surface area contributed by atoms with E-state index >= 15 is 0 Å². The Morgan fingerprint density at radius 3 is 2.48 bits per heavy atom. The summed E-state index contributed by atoms with van der Waals surface area (Å²) in [5.74, 6) is 0.144. The van der Waals surface area contributed by atoms with Gasteiger partial charge in [-0.05, 0) is 38.5 Å². The molecule has 0 aliphatic carbocycles. The summed E-state index contributed by atoms with van der Waals surface area (Å²) in [5.41, 5.74) is 3.43. The Hall–Kier alpha value is -2.35. The molecular formula is C19H19NO. The first-order chi connectivity index (χ1) is 10.00. The summed E-state index contributed by atoms with van der Waals surface area (Å²) in [6.45, 7) is 6.02. The van der Waals surface area contributed by atoms with Crippen LogP contribution in [0.5, 0.6) is 0 Å². The smallest absolute Gasteiger partial charge is 0.174 e. The second kappa shape index (κ2) is 4.88. The number of aromatic nitrogens is 1. The first kappa shape index (κ1) is 13.6. The van der Waals surface area contributed by atoms with E-state index < -0.39 is 5.41 Å². The van der Waals surface area contributed by atoms with E-state index in [0.717, 1.165) is 27.6 Å². The predicted octanol–water partition coefficient (Wildman–Crippen LogP) is 4.64. The molecule has 0 aliphatic rings. The van der Waals surface area contributed by atoms with Gasteiger partial charge in [-0.15, -0.1) is 0 Å². The SMILES string of the molecule is Cc1ccc2[nH]cc(C(=O)C(C)(C)c3ccccc3)c2c1. The zero-order chi connectivity index (χ0) is 15.0. The molecule has 1 N–H and O–H groups in total. The quantitative estimate of drug-likeness (QED) is 0.695. The first-order valence-electron chi connectivity index (χ1n) is 7.18. The summed E-state index contributed by atoms with van der Waals surface area (Å²) >= 11 is 0. The van der Waals surface area contributed by atoms with Crippen molar-refractivity contribution in [1.29, 1.82) is 0 Å². The number of H-pyrrole nitrogens is 1. The summed E-state index contributed by atoms with van der Waals surface area (Å²) in [5, 5.41) is 1.00. The van der Waals surface area contributed by atoms with Crippen LogP contribution in [-0.2, 0) is 5.41 Å². The molecule has 106 valence electrons. The van der Waals surface area contributed by atoms with Gasteiger partial charge in [0.1, 0.15) is 0 Å². The summed E-state index contributed by atoms with van der Waals surface area (Å²) in [7, 11) is 0. The second-order valence-electron chi connectivity index (χ2n) is 6.07. The average molecular weight is 277 g/mol. The Balaban J connectivity index is 2.10. The van der Waals surface area contributed by atoms with Gasteiger partial charge in [-0.25, -0.2) is 0 Å². The minimum atomic E-state index is -0.542. The number of fused-ring (bicyclic) bond motifs is 1. The maximum absolute atomic E-state index is 13.0. The molecule has 2 nitrogen and oxygen atoms in total. The summed E-state index contributed by atoms with van der Waals surface area (Å²) in [6, 6.07) is 16.1. The number of nitrogens with one attached hydrogen (secondary N) is 1. The molecule has 2 aromatic carbocycles. The Bertz CT molecular complexity index is 797. The fraction of sp³-hybridized carbons (Fsp3) is 0.211. The number of hydrogen-bond acceptors (Lipinski definition) is 1. The molecule has 0 saturated heterocycles. The highest BCUT2D eigenvalue weighted by Gasteiger charge is 2.31. The number of benzene rings is 2. The molecule has 0 spiro atoms. The monoisotopic (exact) mass is 277 g/mol. The van der Waals surface area contributed by atoms with Crippen molar-refractivity contribution in [1.82, 2.24) is 4.98 Å². The third kappa shape index (κ3) is 2.27. The second-order valence-corrected chi connectivity index (χ2v) is 6.07. The van der Waals surface area contributed by atoms with E-state index in [9.17, 15) is 4.79 Å². The number of Topliss-reactive ketones (excluding diaryl/α,β-unsaturated/α-hetero) is 1. The molecule has 3 aromatic rings. The lowest BCUT2D eigenvalue weighted by molar-refractivity contribution is 0.0910. The Kier molecular flexibility index (Phi) is 3.17. The van der Waals surface area contributed by atoms with E-state index in [1.807, 2.05) is 63.4 Å². The van der Waals surface area contributed by atoms with Crippen LogP contribution in [0, 0.1) is 6.92 Å². The van der Waals surface area contributed by atoms with E-state index in [2.05, 4.69) is 17.1 Å². The van der Waals surface area contributed by atoms with Crippen molar-refractivity contribution in [3.05, 3.63) is 71.4 Å². The summed E-state index contributed by atoms with van der Waals surface area (Å²) < 4.78 is 0. The molecule has 0 amide bonds. The highest BCUT2D eigenvalue weighted by Crippen LogP contribution is 2.31. The highest BCUT2D eigenvalue weighted by molar-refractivity contribution is 6.12. The molecule has 21 heavy (non-hydrogen) atoms. The van der Waals surface area contributed by atoms with Crippen molar-refractivity contribution in [2.24, 2.45) is 0 Å². The van der Waals surface area contributed by atoms with Gasteiger partial charge >= 0.3 is 0 Å². The maximum atomic E-state index is 13.0. The van der Waals surface area contributed by atoms with E-state index in [-0.39, 0.29) is 5.78 Å². The maximum Gasteiger partial charge on any atom is 0.174 e. The molecule has 1 aromatic heterocycles. The fourth-order valence-electron chi connectivity index (χ4n) is 2.74. The number of carbonyl (C=O) groups excluding carboxylic acids is 1. The van der Waals surface area contributed by atoms with Crippen LogP contribution in [-0.4, -0.2) is 10.8 Å². The van der Waals surface area contributed by atoms with Crippen LogP contribution >= 0.6 is 0 Å². The van der Waals surface area contributed by atoms with Gasteiger partial charge in [0.05, 0.1) is 5.41 Å². The third-order valence-corrected chi connectivity index (χ3v) is 4.15. The van der Waals surface area contributed by atoms with Crippen molar-refractivity contribution in [2.45, 2.75) is 26.2 Å². The average Bonchev–Trinajstić information content (AvgIpc) is 2.90. The van der Waals surface area contributed by atoms with Crippen LogP contribution in [0.3, 0.4) is 0 Å². The molecule has 2 heteroatoms.